The highest BCUT2D eigenvalue weighted by atomic mass is 35.5. The number of fused-ring (bicyclic) bond motifs is 2. The Kier molecular flexibility index (Phi) is 7.50. The summed E-state index contributed by atoms with van der Waals surface area (Å²) in [6, 6.07) is 12.9. The van der Waals surface area contributed by atoms with Gasteiger partial charge in [0.05, 0.1) is 11.1 Å². The van der Waals surface area contributed by atoms with Crippen LogP contribution in [0.1, 0.15) is 77.8 Å². The number of likely N-dealkylation sites (tertiary alicyclic amines) is 2. The average Bonchev–Trinajstić information content (AvgIpc) is 3.60. The topological polar surface area (TPSA) is 90.0 Å². The Morgan fingerprint density at radius 3 is 2.18 bits per heavy atom. The number of carbonyl (C=O) groups is 4. The number of hydrogen-bond acceptors (Lipinski definition) is 6. The van der Waals surface area contributed by atoms with Crippen LogP contribution in [0.25, 0.3) is 5.57 Å². The highest BCUT2D eigenvalue weighted by molar-refractivity contribution is 6.30. The Labute approximate surface area is 263 Å². The van der Waals surface area contributed by atoms with Crippen LogP contribution in [0, 0.1) is 17.3 Å². The zero-order valence-corrected chi connectivity index (χ0v) is 26.2. The largest absolute Gasteiger partial charge is 0.299 e. The van der Waals surface area contributed by atoms with E-state index in [-0.39, 0.29) is 18.7 Å². The smallest absolute Gasteiger partial charge is 0.262 e. The number of piperidine rings is 1. The van der Waals surface area contributed by atoms with Crippen molar-refractivity contribution in [2.45, 2.75) is 58.5 Å². The molecule has 0 radical (unpaired) electrons. The number of hydrogen-bond donors (Lipinski definition) is 1. The maximum atomic E-state index is 13.3. The predicted octanol–water partition coefficient (Wildman–Crippen LogP) is 4.77. The molecule has 3 unspecified atom stereocenters. The van der Waals surface area contributed by atoms with Gasteiger partial charge in [0.15, 0.2) is 0 Å². The quantitative estimate of drug-likeness (QED) is 0.472. The first-order chi connectivity index (χ1) is 21.0. The standard InChI is InChI=1S/C35H39ClN4O4/c1-35(2)12-11-23(29(14-35)22-4-6-26(36)7-5-22)16-39-19-24-17-38(18-25(24)20-39)15-21-3-8-27-28(13-21)34(44)40(33(27)43)30-9-10-31(41)37-32(30)42/h3-8,13,24-25,30H,9-12,14-20H2,1-2H3,(H,37,41,42). The Balaban J connectivity index is 0.987. The van der Waals surface area contributed by atoms with E-state index in [9.17, 15) is 19.2 Å². The molecule has 7 rings (SSSR count). The number of rotatable bonds is 6. The highest BCUT2D eigenvalue weighted by Crippen LogP contribution is 2.44. The summed E-state index contributed by atoms with van der Waals surface area (Å²) in [4.78, 5) is 56.4. The van der Waals surface area contributed by atoms with Gasteiger partial charge in [0, 0.05) is 50.7 Å². The van der Waals surface area contributed by atoms with Gasteiger partial charge in [-0.1, -0.05) is 49.2 Å². The van der Waals surface area contributed by atoms with Gasteiger partial charge in [0.25, 0.3) is 11.8 Å². The minimum atomic E-state index is -0.942. The second-order valence-corrected chi connectivity index (χ2v) is 14.6. The number of benzene rings is 2. The minimum Gasteiger partial charge on any atom is -0.299 e. The zero-order chi connectivity index (χ0) is 30.7. The maximum absolute atomic E-state index is 13.3. The lowest BCUT2D eigenvalue weighted by Gasteiger charge is -2.35. The number of imide groups is 2. The number of amides is 4. The van der Waals surface area contributed by atoms with Crippen molar-refractivity contribution < 1.29 is 19.2 Å². The summed E-state index contributed by atoms with van der Waals surface area (Å²) in [5, 5.41) is 3.03. The molecule has 1 N–H and O–H groups in total. The van der Waals surface area contributed by atoms with Gasteiger partial charge in [0.1, 0.15) is 6.04 Å². The van der Waals surface area contributed by atoms with Crippen LogP contribution in [0.4, 0.5) is 0 Å². The SMILES string of the molecule is CC1(C)CCC(CN2CC3CN(Cc4ccc5c(c4)C(=O)N(C4CCC(=O)NC4=O)C5=O)CC3C2)=C(c2ccc(Cl)cc2)C1. The molecule has 3 fully saturated rings. The number of halogens is 1. The molecule has 0 aromatic heterocycles. The van der Waals surface area contributed by atoms with Crippen LogP contribution in [0.5, 0.6) is 0 Å². The van der Waals surface area contributed by atoms with Crippen LogP contribution in [0.3, 0.4) is 0 Å². The van der Waals surface area contributed by atoms with Crippen molar-refractivity contribution >= 4 is 40.8 Å². The Morgan fingerprint density at radius 1 is 0.841 bits per heavy atom. The fraction of sp³-hybridized carbons (Fsp3) is 0.486. The molecule has 4 aliphatic heterocycles. The molecule has 4 heterocycles. The summed E-state index contributed by atoms with van der Waals surface area (Å²) in [5.41, 5.74) is 6.36. The summed E-state index contributed by atoms with van der Waals surface area (Å²) in [5.74, 6) is -0.628. The van der Waals surface area contributed by atoms with Gasteiger partial charge in [-0.3, -0.25) is 39.2 Å². The van der Waals surface area contributed by atoms with Crippen molar-refractivity contribution in [3.05, 3.63) is 75.3 Å². The molecule has 8 nitrogen and oxygen atoms in total. The third-order valence-corrected chi connectivity index (χ3v) is 10.6. The fourth-order valence-corrected chi connectivity index (χ4v) is 8.18. The maximum Gasteiger partial charge on any atom is 0.262 e. The van der Waals surface area contributed by atoms with Crippen LogP contribution in [0.2, 0.25) is 5.02 Å². The molecule has 4 amide bonds. The third kappa shape index (κ3) is 5.52. The fourth-order valence-electron chi connectivity index (χ4n) is 8.05. The van der Waals surface area contributed by atoms with E-state index in [1.165, 1.54) is 17.6 Å². The van der Waals surface area contributed by atoms with E-state index < -0.39 is 23.8 Å². The van der Waals surface area contributed by atoms with E-state index in [1.807, 2.05) is 24.3 Å². The van der Waals surface area contributed by atoms with Crippen LogP contribution < -0.4 is 5.32 Å². The van der Waals surface area contributed by atoms with E-state index in [4.69, 9.17) is 11.6 Å². The molecule has 2 aromatic rings. The minimum absolute atomic E-state index is 0.114. The number of carbonyl (C=O) groups excluding carboxylic acids is 4. The molecule has 3 atom stereocenters. The monoisotopic (exact) mass is 614 g/mol. The molecular formula is C35H39ClN4O4. The molecular weight excluding hydrogens is 576 g/mol. The molecule has 5 aliphatic rings. The second-order valence-electron chi connectivity index (χ2n) is 14.2. The summed E-state index contributed by atoms with van der Waals surface area (Å²) in [7, 11) is 0. The number of allylic oxidation sites excluding steroid dienone is 1. The first-order valence-electron chi connectivity index (χ1n) is 15.8. The third-order valence-electron chi connectivity index (χ3n) is 10.3. The lowest BCUT2D eigenvalue weighted by molar-refractivity contribution is -0.136. The average molecular weight is 615 g/mol. The molecule has 0 saturated carbocycles. The Hall–Kier alpha value is -3.33. The zero-order valence-electron chi connectivity index (χ0n) is 25.4. The second kappa shape index (κ2) is 11.2. The van der Waals surface area contributed by atoms with Gasteiger partial charge in [-0.25, -0.2) is 0 Å². The first-order valence-corrected chi connectivity index (χ1v) is 16.2. The molecule has 0 bridgehead atoms. The number of nitrogens with one attached hydrogen (secondary N) is 1. The van der Waals surface area contributed by atoms with Crippen molar-refractivity contribution in [2.24, 2.45) is 17.3 Å². The van der Waals surface area contributed by atoms with E-state index in [0.29, 0.717) is 28.4 Å². The Bertz CT molecular complexity index is 1570. The molecule has 2 aromatic carbocycles. The van der Waals surface area contributed by atoms with Crippen molar-refractivity contribution in [3.63, 3.8) is 0 Å². The molecule has 0 spiro atoms. The summed E-state index contributed by atoms with van der Waals surface area (Å²) >= 11 is 6.20. The van der Waals surface area contributed by atoms with Crippen LogP contribution in [-0.4, -0.2) is 77.1 Å². The number of nitrogens with zero attached hydrogens (tertiary/aromatic N) is 3. The van der Waals surface area contributed by atoms with E-state index in [2.05, 4.69) is 41.1 Å². The molecule has 9 heteroatoms. The van der Waals surface area contributed by atoms with Crippen molar-refractivity contribution in [2.75, 3.05) is 32.7 Å². The van der Waals surface area contributed by atoms with Gasteiger partial charge in [-0.05, 0) is 83.9 Å². The van der Waals surface area contributed by atoms with Gasteiger partial charge >= 0.3 is 0 Å². The van der Waals surface area contributed by atoms with Crippen LogP contribution in [0.15, 0.2) is 48.0 Å². The molecule has 1 aliphatic carbocycles. The molecule has 230 valence electrons. The highest BCUT2D eigenvalue weighted by Gasteiger charge is 2.45. The van der Waals surface area contributed by atoms with Crippen molar-refractivity contribution in [3.8, 4) is 0 Å². The predicted molar refractivity (Wildman–Crippen MR) is 168 cm³/mol. The van der Waals surface area contributed by atoms with Gasteiger partial charge in [0.2, 0.25) is 11.8 Å². The lowest BCUT2D eigenvalue weighted by Crippen LogP contribution is -2.54. The van der Waals surface area contributed by atoms with Gasteiger partial charge in [-0.15, -0.1) is 0 Å². The van der Waals surface area contributed by atoms with Gasteiger partial charge < -0.3 is 0 Å². The van der Waals surface area contributed by atoms with Gasteiger partial charge in [-0.2, -0.15) is 0 Å². The van der Waals surface area contributed by atoms with E-state index in [0.717, 1.165) is 67.6 Å². The molecule has 44 heavy (non-hydrogen) atoms. The van der Waals surface area contributed by atoms with Crippen molar-refractivity contribution in [1.29, 1.82) is 0 Å². The van der Waals surface area contributed by atoms with Crippen molar-refractivity contribution in [1.82, 2.24) is 20.0 Å². The Morgan fingerprint density at radius 2 is 1.50 bits per heavy atom. The first kappa shape index (κ1) is 29.4. The summed E-state index contributed by atoms with van der Waals surface area (Å²) in [6.45, 7) is 10.7. The summed E-state index contributed by atoms with van der Waals surface area (Å²) < 4.78 is 0. The van der Waals surface area contributed by atoms with E-state index in [1.54, 1.807) is 11.6 Å². The normalized spacial score (nSPS) is 27.2. The molecule has 3 saturated heterocycles. The van der Waals surface area contributed by atoms with Crippen LogP contribution in [-0.2, 0) is 16.1 Å². The van der Waals surface area contributed by atoms with E-state index >= 15 is 0 Å². The van der Waals surface area contributed by atoms with Crippen LogP contribution >= 0.6 is 11.6 Å². The summed E-state index contributed by atoms with van der Waals surface area (Å²) in [6.07, 6.45) is 3.73. The lowest BCUT2D eigenvalue weighted by atomic mass is 9.72.